The van der Waals surface area contributed by atoms with Crippen molar-refractivity contribution in [3.63, 3.8) is 0 Å². The molecule has 0 bridgehead atoms. The van der Waals surface area contributed by atoms with Crippen molar-refractivity contribution < 1.29 is 18.4 Å². The number of carbonyl (C=O) groups excluding carboxylic acids is 2. The van der Waals surface area contributed by atoms with E-state index in [1.54, 1.807) is 0 Å². The number of benzene rings is 1. The van der Waals surface area contributed by atoms with Gasteiger partial charge in [0.25, 0.3) is 5.91 Å². The van der Waals surface area contributed by atoms with Crippen LogP contribution in [0.2, 0.25) is 0 Å². The summed E-state index contributed by atoms with van der Waals surface area (Å²) in [6.45, 7) is 5.94. The summed E-state index contributed by atoms with van der Waals surface area (Å²) >= 11 is 0. The third-order valence-corrected chi connectivity index (χ3v) is 8.47. The zero-order valence-corrected chi connectivity index (χ0v) is 24.0. The Kier molecular flexibility index (Phi) is 7.63. The Morgan fingerprint density at radius 1 is 1.07 bits per heavy atom. The average Bonchev–Trinajstić information content (AvgIpc) is 3.63. The van der Waals surface area contributed by atoms with Crippen LogP contribution in [0.4, 0.5) is 26.2 Å². The van der Waals surface area contributed by atoms with Gasteiger partial charge in [0.05, 0.1) is 11.1 Å². The van der Waals surface area contributed by atoms with Crippen LogP contribution in [0.3, 0.4) is 0 Å². The monoisotopic (exact) mass is 589 g/mol. The number of fused-ring (bicyclic) bond motifs is 1. The van der Waals surface area contributed by atoms with Crippen LogP contribution in [0, 0.1) is 17.6 Å². The van der Waals surface area contributed by atoms with Crippen molar-refractivity contribution in [1.82, 2.24) is 29.4 Å². The van der Waals surface area contributed by atoms with Crippen molar-refractivity contribution in [3.8, 4) is 0 Å². The summed E-state index contributed by atoms with van der Waals surface area (Å²) in [6, 6.07) is 3.21. The molecule has 3 aromatic heterocycles. The van der Waals surface area contributed by atoms with E-state index in [4.69, 9.17) is 5.73 Å². The van der Waals surface area contributed by atoms with E-state index in [0.29, 0.717) is 44.1 Å². The molecule has 2 fully saturated rings. The maximum absolute atomic E-state index is 15.5. The number of amides is 2. The molecule has 4 aromatic rings. The molecule has 0 unspecified atom stereocenters. The van der Waals surface area contributed by atoms with Crippen molar-refractivity contribution in [2.45, 2.75) is 51.6 Å². The van der Waals surface area contributed by atoms with Gasteiger partial charge in [0.15, 0.2) is 5.82 Å². The number of hydrogen-bond acceptors (Lipinski definition) is 8. The number of anilines is 3. The molecule has 2 aliphatic heterocycles. The van der Waals surface area contributed by atoms with Gasteiger partial charge in [-0.25, -0.2) is 28.7 Å². The number of halogens is 2. The quantitative estimate of drug-likeness (QED) is 0.331. The second-order valence-electron chi connectivity index (χ2n) is 11.2. The number of likely N-dealkylation sites (tertiary alicyclic amines) is 1. The molecule has 13 heteroatoms. The number of rotatable bonds is 7. The van der Waals surface area contributed by atoms with E-state index in [-0.39, 0.29) is 34.4 Å². The summed E-state index contributed by atoms with van der Waals surface area (Å²) < 4.78 is 32.5. The van der Waals surface area contributed by atoms with E-state index in [1.807, 2.05) is 17.0 Å². The lowest BCUT2D eigenvalue weighted by molar-refractivity contribution is -0.121. The molecule has 6 rings (SSSR count). The Labute approximate surface area is 247 Å². The summed E-state index contributed by atoms with van der Waals surface area (Å²) in [5.41, 5.74) is 7.02. The minimum Gasteiger partial charge on any atom is -0.368 e. The van der Waals surface area contributed by atoms with Crippen LogP contribution in [-0.4, -0.2) is 66.9 Å². The lowest BCUT2D eigenvalue weighted by Crippen LogP contribution is -2.43. The lowest BCUT2D eigenvalue weighted by atomic mass is 9.94. The Hall–Kier alpha value is -4.68. The highest BCUT2D eigenvalue weighted by molar-refractivity contribution is 5.98. The van der Waals surface area contributed by atoms with Crippen molar-refractivity contribution >= 4 is 40.3 Å². The summed E-state index contributed by atoms with van der Waals surface area (Å²) in [5, 5.41) is 3.03. The van der Waals surface area contributed by atoms with Crippen LogP contribution in [0.1, 0.15) is 55.1 Å². The van der Waals surface area contributed by atoms with Gasteiger partial charge >= 0.3 is 0 Å². The molecule has 0 saturated carbocycles. The van der Waals surface area contributed by atoms with Crippen LogP contribution in [0.25, 0.3) is 11.0 Å². The number of hydrogen-bond donors (Lipinski definition) is 2. The van der Waals surface area contributed by atoms with Crippen LogP contribution in [0.15, 0.2) is 43.1 Å². The topological polar surface area (TPSA) is 135 Å². The molecule has 2 saturated heterocycles. The SMILES string of the molecule is CCc1cnc(N2CC[C@@H](n3cc(F)c4c(Nc5ccc(C(=O)N6CCC[C@H]6C(N)=O)cc5F)ncnc43)[C@@H](C)C2)nc1. The fraction of sp³-hybridized carbons (Fsp3) is 0.400. The fourth-order valence-electron chi connectivity index (χ4n) is 6.16. The summed E-state index contributed by atoms with van der Waals surface area (Å²) in [5.74, 6) is -1.36. The maximum Gasteiger partial charge on any atom is 0.254 e. The number of carbonyl (C=O) groups is 2. The van der Waals surface area contributed by atoms with Crippen LogP contribution in [0.5, 0.6) is 0 Å². The van der Waals surface area contributed by atoms with Crippen molar-refractivity contribution in [2.24, 2.45) is 11.7 Å². The van der Waals surface area contributed by atoms with Gasteiger partial charge in [-0.3, -0.25) is 9.59 Å². The third kappa shape index (κ3) is 5.35. The molecular weight excluding hydrogens is 556 g/mol. The van der Waals surface area contributed by atoms with Crippen molar-refractivity contribution in [3.05, 3.63) is 65.9 Å². The molecule has 0 aliphatic carbocycles. The van der Waals surface area contributed by atoms with Gasteiger partial charge in [0.2, 0.25) is 11.9 Å². The highest BCUT2D eigenvalue weighted by atomic mass is 19.1. The number of aromatic nitrogens is 5. The van der Waals surface area contributed by atoms with Gasteiger partial charge in [-0.05, 0) is 55.4 Å². The van der Waals surface area contributed by atoms with E-state index in [9.17, 15) is 9.59 Å². The standard InChI is InChI=1S/C30H33F2N9O2/c1-3-18-12-34-30(35-13-18)39-10-8-23(17(2)14-39)41-15-21(32)25-27(36-16-37-28(25)41)38-22-7-6-19(11-20(22)31)29(43)40-9-4-5-24(40)26(33)42/h6-7,11-13,15-17,23-24H,3-5,8-10,14H2,1-2H3,(H2,33,42)(H,36,37,38)/t17-,23+,24-/m0/s1. The van der Waals surface area contributed by atoms with Gasteiger partial charge in [-0.1, -0.05) is 13.8 Å². The Morgan fingerprint density at radius 3 is 2.56 bits per heavy atom. The van der Waals surface area contributed by atoms with Crippen molar-refractivity contribution in [2.75, 3.05) is 29.9 Å². The van der Waals surface area contributed by atoms with E-state index < -0.39 is 29.5 Å². The number of piperidine rings is 1. The minimum absolute atomic E-state index is 0.0207. The summed E-state index contributed by atoms with van der Waals surface area (Å²) in [4.78, 5) is 45.8. The minimum atomic E-state index is -0.720. The summed E-state index contributed by atoms with van der Waals surface area (Å²) in [7, 11) is 0. The number of primary amides is 1. The predicted octanol–water partition coefficient (Wildman–Crippen LogP) is 3.98. The molecule has 3 atom stereocenters. The third-order valence-electron chi connectivity index (χ3n) is 8.47. The van der Waals surface area contributed by atoms with Crippen LogP contribution >= 0.6 is 0 Å². The van der Waals surface area contributed by atoms with E-state index in [1.165, 1.54) is 29.6 Å². The van der Waals surface area contributed by atoms with E-state index >= 15 is 8.78 Å². The average molecular weight is 590 g/mol. The largest absolute Gasteiger partial charge is 0.368 e. The predicted molar refractivity (Wildman–Crippen MR) is 157 cm³/mol. The maximum atomic E-state index is 15.5. The number of nitrogens with two attached hydrogens (primary N) is 1. The molecule has 0 radical (unpaired) electrons. The molecule has 1 aromatic carbocycles. The second kappa shape index (κ2) is 11.5. The fourth-order valence-corrected chi connectivity index (χ4v) is 6.16. The highest BCUT2D eigenvalue weighted by Crippen LogP contribution is 2.36. The smallest absolute Gasteiger partial charge is 0.254 e. The molecule has 43 heavy (non-hydrogen) atoms. The van der Waals surface area contributed by atoms with Gasteiger partial charge in [-0.15, -0.1) is 0 Å². The van der Waals surface area contributed by atoms with Crippen LogP contribution in [-0.2, 0) is 11.2 Å². The van der Waals surface area contributed by atoms with Gasteiger partial charge in [0.1, 0.15) is 29.7 Å². The number of nitrogens with zero attached hydrogens (tertiary/aromatic N) is 7. The second-order valence-corrected chi connectivity index (χ2v) is 11.2. The first kappa shape index (κ1) is 28.4. The normalized spacial score (nSPS) is 20.5. The van der Waals surface area contributed by atoms with E-state index in [2.05, 4.69) is 44.0 Å². The molecule has 224 valence electrons. The van der Waals surface area contributed by atoms with Gasteiger partial charge in [0, 0.05) is 49.8 Å². The molecule has 3 N–H and O–H groups in total. The molecule has 5 heterocycles. The first-order valence-corrected chi connectivity index (χ1v) is 14.5. The van der Waals surface area contributed by atoms with Crippen LogP contribution < -0.4 is 16.0 Å². The van der Waals surface area contributed by atoms with Gasteiger partial charge in [-0.2, -0.15) is 0 Å². The number of aryl methyl sites for hydroxylation is 1. The number of nitrogens with one attached hydrogen (secondary N) is 1. The first-order valence-electron chi connectivity index (χ1n) is 14.5. The Balaban J connectivity index is 1.21. The molecule has 11 nitrogen and oxygen atoms in total. The molecule has 2 amide bonds. The zero-order valence-electron chi connectivity index (χ0n) is 24.0. The zero-order chi connectivity index (χ0) is 30.2. The Bertz CT molecular complexity index is 1680. The lowest BCUT2D eigenvalue weighted by Gasteiger charge is -2.37. The Morgan fingerprint density at radius 2 is 1.86 bits per heavy atom. The summed E-state index contributed by atoms with van der Waals surface area (Å²) in [6.07, 6.45) is 9.17. The highest BCUT2D eigenvalue weighted by Gasteiger charge is 2.34. The van der Waals surface area contributed by atoms with Crippen molar-refractivity contribution in [1.29, 1.82) is 0 Å². The van der Waals surface area contributed by atoms with Gasteiger partial charge < -0.3 is 25.4 Å². The molecule has 2 aliphatic rings. The molecule has 0 spiro atoms. The van der Waals surface area contributed by atoms with E-state index in [0.717, 1.165) is 24.5 Å². The first-order chi connectivity index (χ1) is 20.7. The molecular formula is C30H33F2N9O2.